The molecular weight excluding hydrogens is 284 g/mol. The number of ketones is 1. The van der Waals surface area contributed by atoms with E-state index < -0.39 is 0 Å². The average Bonchev–Trinajstić information content (AvgIpc) is 2.80. The molecule has 1 aliphatic carbocycles. The maximum Gasteiger partial charge on any atom is 0.187 e. The van der Waals surface area contributed by atoms with E-state index in [1.54, 1.807) is 7.11 Å². The number of benzene rings is 1. The third-order valence-electron chi connectivity index (χ3n) is 4.07. The van der Waals surface area contributed by atoms with Gasteiger partial charge in [-0.15, -0.1) is 0 Å². The van der Waals surface area contributed by atoms with Gasteiger partial charge in [-0.25, -0.2) is 0 Å². The minimum absolute atomic E-state index is 0.162. The number of methoxy groups -OCH3 is 1. The molecular formula is C16H18N2O2S. The summed E-state index contributed by atoms with van der Waals surface area (Å²) in [5, 5.41) is 8.22. The number of nitrogens with zero attached hydrogens (tertiary/aromatic N) is 1. The van der Waals surface area contributed by atoms with Crippen molar-refractivity contribution >= 4 is 17.1 Å². The van der Waals surface area contributed by atoms with E-state index in [0.29, 0.717) is 4.80 Å². The number of fused-ring (bicyclic) bond motifs is 1. The van der Waals surface area contributed by atoms with Gasteiger partial charge in [0.1, 0.15) is 5.75 Å². The summed E-state index contributed by atoms with van der Waals surface area (Å²) in [6.45, 7) is 3.97. The first-order valence-electron chi connectivity index (χ1n) is 6.92. The highest BCUT2D eigenvalue weighted by molar-refractivity contribution is 7.11. The predicted molar refractivity (Wildman–Crippen MR) is 82.5 cm³/mol. The predicted octanol–water partition coefficient (Wildman–Crippen LogP) is 3.18. The number of ether oxygens (including phenoxy) is 1. The van der Waals surface area contributed by atoms with E-state index in [-0.39, 0.29) is 11.2 Å². The van der Waals surface area contributed by atoms with Crippen molar-refractivity contribution in [2.45, 2.75) is 26.7 Å². The number of hydrogen-bond donors (Lipinski definition) is 1. The Morgan fingerprint density at radius 3 is 2.57 bits per heavy atom. The fraction of sp³-hybridized carbons (Fsp3) is 0.375. The lowest BCUT2D eigenvalue weighted by Crippen LogP contribution is -2.30. The lowest BCUT2D eigenvalue weighted by Gasteiger charge is -2.27. The normalized spacial score (nSPS) is 16.6. The smallest absolute Gasteiger partial charge is 0.187 e. The summed E-state index contributed by atoms with van der Waals surface area (Å²) in [6, 6.07) is 7.60. The van der Waals surface area contributed by atoms with E-state index in [1.807, 2.05) is 42.7 Å². The molecule has 1 aliphatic rings. The van der Waals surface area contributed by atoms with Crippen LogP contribution in [-0.4, -0.2) is 17.5 Å². The summed E-state index contributed by atoms with van der Waals surface area (Å²) in [5.74, 6) is 0.946. The van der Waals surface area contributed by atoms with Crippen LogP contribution >= 0.6 is 11.3 Å². The number of thiazole rings is 1. The molecule has 5 heteroatoms. The van der Waals surface area contributed by atoms with Crippen molar-refractivity contribution in [2.24, 2.45) is 5.41 Å². The van der Waals surface area contributed by atoms with Gasteiger partial charge in [0.2, 0.25) is 0 Å². The summed E-state index contributed by atoms with van der Waals surface area (Å²) in [7, 11) is 1.63. The van der Waals surface area contributed by atoms with Gasteiger partial charge in [-0.2, -0.15) is 0 Å². The lowest BCUT2D eigenvalue weighted by molar-refractivity contribution is 0.0814. The Morgan fingerprint density at radius 1 is 1.29 bits per heavy atom. The standard InChI is InChI=1S/C16H18N2O2S/c1-16(2)9-8-12-13(14(16)19)21-15(17)18(12)10-4-6-11(20-3)7-5-10/h4-7,17H,8-9H2,1-3H3. The fourth-order valence-electron chi connectivity index (χ4n) is 2.68. The van der Waals surface area contributed by atoms with Crippen LogP contribution in [0.3, 0.4) is 0 Å². The topological polar surface area (TPSA) is 55.1 Å². The van der Waals surface area contributed by atoms with Crippen LogP contribution in [0, 0.1) is 10.8 Å². The first kappa shape index (κ1) is 14.1. The molecule has 21 heavy (non-hydrogen) atoms. The highest BCUT2D eigenvalue weighted by Gasteiger charge is 2.37. The highest BCUT2D eigenvalue weighted by atomic mass is 32.1. The summed E-state index contributed by atoms with van der Waals surface area (Å²) >= 11 is 1.28. The molecule has 2 aromatic rings. The van der Waals surface area contributed by atoms with Crippen LogP contribution in [0.1, 0.15) is 35.6 Å². The molecule has 1 heterocycles. The molecule has 1 aromatic carbocycles. The Kier molecular flexibility index (Phi) is 3.24. The van der Waals surface area contributed by atoms with E-state index in [9.17, 15) is 4.79 Å². The van der Waals surface area contributed by atoms with Gasteiger partial charge in [0.25, 0.3) is 0 Å². The van der Waals surface area contributed by atoms with E-state index >= 15 is 0 Å². The van der Waals surface area contributed by atoms with Gasteiger partial charge >= 0.3 is 0 Å². The zero-order valence-electron chi connectivity index (χ0n) is 12.4. The molecule has 0 fully saturated rings. The highest BCUT2D eigenvalue weighted by Crippen LogP contribution is 2.36. The zero-order chi connectivity index (χ0) is 15.2. The third kappa shape index (κ3) is 2.21. The Bertz CT molecular complexity index is 754. The molecule has 0 spiro atoms. The molecule has 4 nitrogen and oxygen atoms in total. The number of carbonyl (C=O) groups excluding carboxylic acids is 1. The van der Waals surface area contributed by atoms with Gasteiger partial charge in [0, 0.05) is 16.8 Å². The molecule has 0 unspecified atom stereocenters. The number of rotatable bonds is 2. The maximum absolute atomic E-state index is 12.5. The molecule has 0 radical (unpaired) electrons. The van der Waals surface area contributed by atoms with Crippen molar-refractivity contribution < 1.29 is 9.53 Å². The Balaban J connectivity index is 2.13. The molecule has 0 aliphatic heterocycles. The van der Waals surface area contributed by atoms with Crippen LogP contribution in [0.25, 0.3) is 5.69 Å². The maximum atomic E-state index is 12.5. The Morgan fingerprint density at radius 2 is 1.95 bits per heavy atom. The fourth-order valence-corrected chi connectivity index (χ4v) is 3.86. The minimum atomic E-state index is -0.317. The molecule has 0 atom stereocenters. The number of nitrogens with one attached hydrogen (secondary N) is 1. The summed E-state index contributed by atoms with van der Waals surface area (Å²) in [5.41, 5.74) is 1.56. The second-order valence-electron chi connectivity index (χ2n) is 5.93. The molecule has 0 saturated heterocycles. The Hall–Kier alpha value is -1.88. The summed E-state index contributed by atoms with van der Waals surface area (Å²) < 4.78 is 7.05. The second-order valence-corrected chi connectivity index (χ2v) is 6.93. The number of Topliss-reactive ketones (excluding diaryl/α,β-unsaturated/α-hetero) is 1. The SMILES string of the molecule is COc1ccc(-n2c3c(sc2=N)C(=O)C(C)(C)CC3)cc1. The first-order chi connectivity index (χ1) is 9.94. The molecule has 0 amide bonds. The van der Waals surface area contributed by atoms with Crippen LogP contribution in [0.15, 0.2) is 24.3 Å². The van der Waals surface area contributed by atoms with Gasteiger partial charge in [0.15, 0.2) is 10.6 Å². The molecule has 3 rings (SSSR count). The minimum Gasteiger partial charge on any atom is -0.497 e. The second kappa shape index (κ2) is 4.84. The van der Waals surface area contributed by atoms with Crippen molar-refractivity contribution in [1.82, 2.24) is 4.57 Å². The number of carbonyl (C=O) groups is 1. The Labute approximate surface area is 127 Å². The molecule has 1 N–H and O–H groups in total. The van der Waals surface area contributed by atoms with Crippen molar-refractivity contribution in [3.05, 3.63) is 39.6 Å². The molecule has 110 valence electrons. The largest absolute Gasteiger partial charge is 0.497 e. The van der Waals surface area contributed by atoms with Gasteiger partial charge in [-0.3, -0.25) is 14.8 Å². The quantitative estimate of drug-likeness (QED) is 0.926. The first-order valence-corrected chi connectivity index (χ1v) is 7.74. The van der Waals surface area contributed by atoms with Crippen molar-refractivity contribution in [1.29, 1.82) is 5.41 Å². The van der Waals surface area contributed by atoms with Gasteiger partial charge in [-0.05, 0) is 37.1 Å². The monoisotopic (exact) mass is 302 g/mol. The summed E-state index contributed by atoms with van der Waals surface area (Å²) in [4.78, 5) is 13.7. The van der Waals surface area contributed by atoms with Crippen molar-refractivity contribution in [2.75, 3.05) is 7.11 Å². The van der Waals surface area contributed by atoms with E-state index in [2.05, 4.69) is 0 Å². The third-order valence-corrected chi connectivity index (χ3v) is 5.07. The number of aromatic nitrogens is 1. The molecule has 1 aromatic heterocycles. The van der Waals surface area contributed by atoms with Crippen LogP contribution in [0.5, 0.6) is 5.75 Å². The summed E-state index contributed by atoms with van der Waals surface area (Å²) in [6.07, 6.45) is 1.65. The van der Waals surface area contributed by atoms with Crippen molar-refractivity contribution in [3.63, 3.8) is 0 Å². The van der Waals surface area contributed by atoms with E-state index in [0.717, 1.165) is 34.8 Å². The van der Waals surface area contributed by atoms with Crippen LogP contribution < -0.4 is 9.54 Å². The van der Waals surface area contributed by atoms with Crippen LogP contribution in [-0.2, 0) is 6.42 Å². The van der Waals surface area contributed by atoms with E-state index in [1.165, 1.54) is 11.3 Å². The number of hydrogen-bond acceptors (Lipinski definition) is 4. The van der Waals surface area contributed by atoms with Crippen molar-refractivity contribution in [3.8, 4) is 11.4 Å². The van der Waals surface area contributed by atoms with Crippen LogP contribution in [0.4, 0.5) is 0 Å². The molecule has 0 saturated carbocycles. The van der Waals surface area contributed by atoms with Gasteiger partial charge < -0.3 is 4.74 Å². The average molecular weight is 302 g/mol. The van der Waals surface area contributed by atoms with E-state index in [4.69, 9.17) is 10.1 Å². The van der Waals surface area contributed by atoms with Gasteiger partial charge in [0.05, 0.1) is 12.0 Å². The zero-order valence-corrected chi connectivity index (χ0v) is 13.2. The molecule has 0 bridgehead atoms. The van der Waals surface area contributed by atoms with Crippen LogP contribution in [0.2, 0.25) is 0 Å². The lowest BCUT2D eigenvalue weighted by atomic mass is 9.77. The van der Waals surface area contributed by atoms with Gasteiger partial charge in [-0.1, -0.05) is 25.2 Å².